The molecule has 4 aromatic heterocycles. The van der Waals surface area contributed by atoms with Gasteiger partial charge in [0.05, 0.1) is 48.7 Å². The molecule has 0 bridgehead atoms. The number of carbonyl (C=O) groups is 4. The first-order chi connectivity index (χ1) is 60.4. The molecule has 8 atom stereocenters. The third-order valence-electron chi connectivity index (χ3n) is 22.5. The third kappa shape index (κ3) is 26.5. The van der Waals surface area contributed by atoms with Crippen molar-refractivity contribution in [2.45, 2.75) is 197 Å². The molecule has 0 saturated heterocycles. The molecular formula is C106H120N8O10. The van der Waals surface area contributed by atoms with Crippen molar-refractivity contribution in [2.75, 3.05) is 26.4 Å². The predicted octanol–water partition coefficient (Wildman–Crippen LogP) is 24.4. The number of hydrogen-bond acceptors (Lipinski definition) is 18. The number of carbonyl (C=O) groups excluding carboxylic acids is 4. The quantitative estimate of drug-likeness (QED) is 0.0256. The highest BCUT2D eigenvalue weighted by Crippen LogP contribution is 2.41. The summed E-state index contributed by atoms with van der Waals surface area (Å²) in [5.74, 6) is 2.27. The van der Waals surface area contributed by atoms with Crippen LogP contribution in [-0.4, -0.2) is 90.2 Å². The molecule has 124 heavy (non-hydrogen) atoms. The zero-order valence-corrected chi connectivity index (χ0v) is 74.1. The number of hydrogen-bond donors (Lipinski definition) is 0. The van der Waals surface area contributed by atoms with Crippen LogP contribution in [0.15, 0.2) is 244 Å². The fourth-order valence-corrected chi connectivity index (χ4v) is 13.6. The van der Waals surface area contributed by atoms with Crippen LogP contribution in [0.25, 0.3) is 45.6 Å². The van der Waals surface area contributed by atoms with Crippen molar-refractivity contribution in [2.24, 2.45) is 23.7 Å². The Morgan fingerprint density at radius 3 is 0.589 bits per heavy atom. The van der Waals surface area contributed by atoms with E-state index >= 15 is 0 Å². The van der Waals surface area contributed by atoms with Gasteiger partial charge in [-0.2, -0.15) is 0 Å². The van der Waals surface area contributed by atoms with Gasteiger partial charge in [-0.15, -0.1) is 0 Å². The number of unbranched alkanes of at least 4 members (excludes halogenated alkanes) is 2. The molecule has 0 saturated carbocycles. The van der Waals surface area contributed by atoms with Gasteiger partial charge in [-0.1, -0.05) is 280 Å². The van der Waals surface area contributed by atoms with Crippen LogP contribution in [0.5, 0.6) is 0 Å². The Balaban J connectivity index is 0.000000241. The van der Waals surface area contributed by atoms with Gasteiger partial charge in [-0.3, -0.25) is 0 Å². The lowest BCUT2D eigenvalue weighted by atomic mass is 9.95. The Kier molecular flexibility index (Phi) is 35.5. The van der Waals surface area contributed by atoms with Crippen LogP contribution in [0.3, 0.4) is 0 Å². The van der Waals surface area contributed by atoms with Crippen LogP contribution < -0.4 is 0 Å². The van der Waals surface area contributed by atoms with Crippen LogP contribution in [0.1, 0.15) is 280 Å². The minimum absolute atomic E-state index is 0.275. The molecule has 0 spiro atoms. The van der Waals surface area contributed by atoms with Gasteiger partial charge >= 0.3 is 23.9 Å². The molecule has 12 aromatic rings. The van der Waals surface area contributed by atoms with Gasteiger partial charge in [-0.25, -0.2) is 59.0 Å². The lowest BCUT2D eigenvalue weighted by Gasteiger charge is -2.27. The fourth-order valence-electron chi connectivity index (χ4n) is 13.6. The van der Waals surface area contributed by atoms with Gasteiger partial charge in [0.2, 0.25) is 0 Å². The summed E-state index contributed by atoms with van der Waals surface area (Å²) in [4.78, 5) is 89.5. The van der Waals surface area contributed by atoms with Crippen molar-refractivity contribution in [1.82, 2.24) is 39.9 Å². The van der Waals surface area contributed by atoms with Gasteiger partial charge in [-0.05, 0) is 177 Å². The molecule has 0 aliphatic carbocycles. The molecule has 644 valence electrons. The number of aryl methyl sites for hydroxylation is 4. The molecule has 8 aromatic carbocycles. The van der Waals surface area contributed by atoms with Crippen LogP contribution in [0, 0.1) is 23.7 Å². The monoisotopic (exact) mass is 1660 g/mol. The molecule has 8 unspecified atom stereocenters. The normalized spacial score (nSPS) is 13.2. The molecule has 0 fully saturated rings. The lowest BCUT2D eigenvalue weighted by molar-refractivity contribution is 0.0306. The largest absolute Gasteiger partial charge is 0.462 e. The van der Waals surface area contributed by atoms with E-state index in [0.717, 1.165) is 179 Å². The smallest absolute Gasteiger partial charge is 0.338 e. The Bertz CT molecular complexity index is 4930. The topological polar surface area (TPSA) is 227 Å². The minimum Gasteiger partial charge on any atom is -0.462 e. The standard InChI is InChI=1S/C54H62N4O5.C52H58N4O5/c1-7-11-13-39-31-55-51(56-32-39)45-23-15-41(16-24-45)49(43-19-27-47(28-20-43)53(59)61-35-37(5)9-3)63-50(44-21-29-48(30-22-44)54(60)62-36-38(6)10-4)42-17-25-46(26-18-42)52-57-33-40(34-58-52)14-12-8-2;1-7-11-37-29-53-49(54-30-37)43-21-13-39(14-22-43)47(41-17-25-45(26-18-41)51(57)59-33-35(5)9-3)61-48(42-19-27-46(28-20-42)52(58)60-34-36(6)10-4)40-15-23-44(24-16-40)50-55-31-38(12-8-2)32-56-50/h15-34,37-38,49-50H,7-14,35-36H2,1-6H3;13-32,35-36,47-48H,7-12,33-34H2,1-6H3. The number of rotatable bonds is 42. The van der Waals surface area contributed by atoms with Crippen molar-refractivity contribution < 1.29 is 47.6 Å². The summed E-state index contributed by atoms with van der Waals surface area (Å²) < 4.78 is 37.0. The van der Waals surface area contributed by atoms with Crippen molar-refractivity contribution in [3.05, 3.63) is 333 Å². The van der Waals surface area contributed by atoms with Crippen LogP contribution in [0.4, 0.5) is 0 Å². The summed E-state index contributed by atoms with van der Waals surface area (Å²) >= 11 is 0. The van der Waals surface area contributed by atoms with E-state index in [1.807, 2.05) is 195 Å². The first-order valence-electron chi connectivity index (χ1n) is 44.4. The van der Waals surface area contributed by atoms with E-state index in [1.54, 1.807) is 48.5 Å². The Morgan fingerprint density at radius 2 is 0.419 bits per heavy atom. The number of aromatic nitrogens is 8. The predicted molar refractivity (Wildman–Crippen MR) is 489 cm³/mol. The van der Waals surface area contributed by atoms with E-state index < -0.39 is 24.4 Å². The zero-order chi connectivity index (χ0) is 87.7. The highest BCUT2D eigenvalue weighted by Gasteiger charge is 2.29. The Hall–Kier alpha value is -12.1. The first-order valence-corrected chi connectivity index (χ1v) is 44.4. The second kappa shape index (κ2) is 47.5. The fraction of sp³-hybridized carbons (Fsp3) is 0.358. The van der Waals surface area contributed by atoms with E-state index in [1.165, 1.54) is 0 Å². The maximum atomic E-state index is 13.1. The second-order valence-electron chi connectivity index (χ2n) is 32.6. The summed E-state index contributed by atoms with van der Waals surface area (Å²) in [6.45, 7) is 26.7. The van der Waals surface area contributed by atoms with Gasteiger partial charge in [0, 0.05) is 71.8 Å². The van der Waals surface area contributed by atoms with E-state index in [2.05, 4.69) is 123 Å². The summed E-state index contributed by atoms with van der Waals surface area (Å²) in [5, 5.41) is 0. The van der Waals surface area contributed by atoms with E-state index in [4.69, 9.17) is 28.4 Å². The molecule has 18 nitrogen and oxygen atoms in total. The number of nitrogens with zero attached hydrogens (tertiary/aromatic N) is 8. The molecule has 0 aliphatic heterocycles. The van der Waals surface area contributed by atoms with Crippen molar-refractivity contribution in [3.63, 3.8) is 0 Å². The van der Waals surface area contributed by atoms with Crippen molar-refractivity contribution in [1.29, 1.82) is 0 Å². The van der Waals surface area contributed by atoms with Crippen LogP contribution in [-0.2, 0) is 54.1 Å². The minimum atomic E-state index is -0.578. The average molecular weight is 1670 g/mol. The van der Waals surface area contributed by atoms with Crippen LogP contribution >= 0.6 is 0 Å². The summed E-state index contributed by atoms with van der Waals surface area (Å²) in [6, 6.07) is 62.2. The molecule has 12 rings (SSSR count). The van der Waals surface area contributed by atoms with Gasteiger partial charge in [0.1, 0.15) is 24.4 Å². The first kappa shape index (κ1) is 92.6. The Labute approximate surface area is 732 Å². The molecule has 0 aliphatic rings. The van der Waals surface area contributed by atoms with E-state index in [-0.39, 0.29) is 47.5 Å². The molecule has 4 heterocycles. The van der Waals surface area contributed by atoms with Crippen molar-refractivity contribution >= 4 is 23.9 Å². The summed E-state index contributed by atoms with van der Waals surface area (Å²) in [7, 11) is 0. The highest BCUT2D eigenvalue weighted by atomic mass is 16.5. The third-order valence-corrected chi connectivity index (χ3v) is 22.5. The van der Waals surface area contributed by atoms with Gasteiger partial charge < -0.3 is 28.4 Å². The molecule has 18 heteroatoms. The molecule has 0 N–H and O–H groups in total. The number of ether oxygens (including phenoxy) is 6. The van der Waals surface area contributed by atoms with Crippen molar-refractivity contribution in [3.8, 4) is 45.6 Å². The lowest BCUT2D eigenvalue weighted by Crippen LogP contribution is -2.15. The number of esters is 4. The second-order valence-corrected chi connectivity index (χ2v) is 32.6. The van der Waals surface area contributed by atoms with Gasteiger partial charge in [0.25, 0.3) is 0 Å². The van der Waals surface area contributed by atoms with Crippen LogP contribution in [0.2, 0.25) is 0 Å². The van der Waals surface area contributed by atoms with E-state index in [0.29, 0.717) is 72.0 Å². The molecular weight excluding hydrogens is 1550 g/mol. The maximum absolute atomic E-state index is 13.1. The molecule has 0 amide bonds. The maximum Gasteiger partial charge on any atom is 0.338 e. The molecule has 0 radical (unpaired) electrons. The zero-order valence-electron chi connectivity index (χ0n) is 74.1. The summed E-state index contributed by atoms with van der Waals surface area (Å²) in [6.07, 6.45) is 26.9. The average Bonchev–Trinajstić information content (AvgIpc) is 0.796. The Morgan fingerprint density at radius 1 is 0.242 bits per heavy atom. The summed E-state index contributed by atoms with van der Waals surface area (Å²) in [5.41, 5.74) is 16.9. The number of benzene rings is 8. The van der Waals surface area contributed by atoms with Gasteiger partial charge in [0.15, 0.2) is 23.3 Å². The SMILES string of the molecule is CCCCc1cnc(-c2ccc(C(OC(c3ccc(C(=O)OCC(C)CC)cc3)c3ccc(-c4ncc(CCCC)cn4)cc3)c3ccc(C(=O)OCC(C)CC)cc3)cc2)nc1.CCCc1cnc(-c2ccc(C(OC(c3ccc(C(=O)OCC(C)CC)cc3)c3ccc(-c4ncc(CCC)cn4)cc3)c3ccc(C(=O)OCC(C)CC)cc3)cc2)nc1. The van der Waals surface area contributed by atoms with E-state index in [9.17, 15) is 19.2 Å². The highest BCUT2D eigenvalue weighted by molar-refractivity contribution is 5.91.